The number of benzene rings is 1. The summed E-state index contributed by atoms with van der Waals surface area (Å²) < 4.78 is 0. The molecule has 0 radical (unpaired) electrons. The highest BCUT2D eigenvalue weighted by molar-refractivity contribution is 6.31. The van der Waals surface area contributed by atoms with E-state index in [4.69, 9.17) is 17.3 Å². The summed E-state index contributed by atoms with van der Waals surface area (Å²) in [4.78, 5) is 13.9. The zero-order valence-corrected chi connectivity index (χ0v) is 12.1. The molecule has 0 aliphatic heterocycles. The molecule has 4 nitrogen and oxygen atoms in total. The van der Waals surface area contributed by atoms with Crippen molar-refractivity contribution in [2.45, 2.75) is 25.3 Å². The van der Waals surface area contributed by atoms with Crippen molar-refractivity contribution in [3.63, 3.8) is 0 Å². The van der Waals surface area contributed by atoms with E-state index in [1.807, 2.05) is 31.1 Å². The van der Waals surface area contributed by atoms with E-state index in [1.54, 1.807) is 6.07 Å². The number of hydrogen-bond donors (Lipinski definition) is 2. The second-order valence-corrected chi connectivity index (χ2v) is 5.75. The molecular formula is C14H20ClN3O. The number of amides is 1. The number of halogens is 1. The Morgan fingerprint density at radius 1 is 1.53 bits per heavy atom. The molecule has 2 rings (SSSR count). The minimum Gasteiger partial charge on any atom is -0.376 e. The van der Waals surface area contributed by atoms with Gasteiger partial charge in [-0.3, -0.25) is 4.79 Å². The van der Waals surface area contributed by atoms with Crippen molar-refractivity contribution in [1.29, 1.82) is 0 Å². The molecule has 3 N–H and O–H groups in total. The fourth-order valence-electron chi connectivity index (χ4n) is 2.10. The van der Waals surface area contributed by atoms with Gasteiger partial charge in [-0.05, 0) is 37.0 Å². The molecule has 104 valence electrons. The van der Waals surface area contributed by atoms with Crippen molar-refractivity contribution in [2.75, 3.05) is 24.3 Å². The van der Waals surface area contributed by atoms with Crippen LogP contribution in [0.25, 0.3) is 0 Å². The molecular weight excluding hydrogens is 262 g/mol. The van der Waals surface area contributed by atoms with Gasteiger partial charge in [0.15, 0.2) is 0 Å². The number of nitrogens with two attached hydrogens (primary N) is 1. The normalized spacial score (nSPS) is 16.0. The predicted molar refractivity (Wildman–Crippen MR) is 79.7 cm³/mol. The molecule has 5 heteroatoms. The lowest BCUT2D eigenvalue weighted by molar-refractivity contribution is -0.116. The molecule has 19 heavy (non-hydrogen) atoms. The van der Waals surface area contributed by atoms with Crippen molar-refractivity contribution in [2.24, 2.45) is 11.7 Å². The molecule has 1 unspecified atom stereocenters. The number of carbonyl (C=O) groups excluding carboxylic acids is 1. The van der Waals surface area contributed by atoms with E-state index in [0.717, 1.165) is 24.2 Å². The number of nitrogens with zero attached hydrogens (tertiary/aromatic N) is 1. The van der Waals surface area contributed by atoms with Gasteiger partial charge in [0.2, 0.25) is 5.91 Å². The van der Waals surface area contributed by atoms with Gasteiger partial charge in [0, 0.05) is 31.6 Å². The van der Waals surface area contributed by atoms with Gasteiger partial charge in [-0.15, -0.1) is 0 Å². The van der Waals surface area contributed by atoms with Gasteiger partial charge < -0.3 is 16.0 Å². The first-order valence-electron chi connectivity index (χ1n) is 6.49. The Morgan fingerprint density at radius 3 is 2.79 bits per heavy atom. The second-order valence-electron chi connectivity index (χ2n) is 5.31. The molecule has 1 amide bonds. The Bertz CT molecular complexity index is 472. The van der Waals surface area contributed by atoms with Crippen LogP contribution in [0.3, 0.4) is 0 Å². The van der Waals surface area contributed by atoms with Crippen LogP contribution in [-0.4, -0.2) is 26.0 Å². The quantitative estimate of drug-likeness (QED) is 0.872. The summed E-state index contributed by atoms with van der Waals surface area (Å²) >= 11 is 5.98. The standard InChI is InChI=1S/C14H20ClN3O/c1-18(2)13-6-5-10(15)7-12(13)17-14(19)8-11(16)9-3-4-9/h5-7,9,11H,3-4,8,16H2,1-2H3,(H,17,19). The van der Waals surface area contributed by atoms with E-state index in [9.17, 15) is 4.79 Å². The van der Waals surface area contributed by atoms with Crippen LogP contribution in [0.5, 0.6) is 0 Å². The van der Waals surface area contributed by atoms with Crippen LogP contribution >= 0.6 is 11.6 Å². The fraction of sp³-hybridized carbons (Fsp3) is 0.500. The molecule has 0 bridgehead atoms. The number of carbonyl (C=O) groups is 1. The van der Waals surface area contributed by atoms with Crippen LogP contribution in [0.4, 0.5) is 11.4 Å². The fourth-order valence-corrected chi connectivity index (χ4v) is 2.28. The summed E-state index contributed by atoms with van der Waals surface area (Å²) in [5.41, 5.74) is 7.62. The predicted octanol–water partition coefficient (Wildman–Crippen LogP) is 2.47. The molecule has 1 aliphatic carbocycles. The Labute approximate surface area is 118 Å². The van der Waals surface area contributed by atoms with Crippen LogP contribution < -0.4 is 16.0 Å². The van der Waals surface area contributed by atoms with Crippen molar-refractivity contribution < 1.29 is 4.79 Å². The summed E-state index contributed by atoms with van der Waals surface area (Å²) in [6, 6.07) is 5.43. The maximum absolute atomic E-state index is 12.0. The third-order valence-corrected chi connectivity index (χ3v) is 3.60. The van der Waals surface area contributed by atoms with Gasteiger partial charge in [0.1, 0.15) is 0 Å². The van der Waals surface area contributed by atoms with Gasteiger partial charge in [-0.2, -0.15) is 0 Å². The van der Waals surface area contributed by atoms with Gasteiger partial charge in [-0.1, -0.05) is 11.6 Å². The van der Waals surface area contributed by atoms with Crippen molar-refractivity contribution in [3.05, 3.63) is 23.2 Å². The number of nitrogens with one attached hydrogen (secondary N) is 1. The first-order chi connectivity index (χ1) is 8.97. The molecule has 0 aromatic heterocycles. The summed E-state index contributed by atoms with van der Waals surface area (Å²) in [5.74, 6) is 0.475. The maximum atomic E-state index is 12.0. The Balaban J connectivity index is 2.04. The molecule has 1 aromatic rings. The van der Waals surface area contributed by atoms with Crippen LogP contribution in [0.2, 0.25) is 5.02 Å². The van der Waals surface area contributed by atoms with E-state index in [2.05, 4.69) is 5.32 Å². The highest BCUT2D eigenvalue weighted by atomic mass is 35.5. The topological polar surface area (TPSA) is 58.4 Å². The zero-order chi connectivity index (χ0) is 14.0. The largest absolute Gasteiger partial charge is 0.376 e. The lowest BCUT2D eigenvalue weighted by Crippen LogP contribution is -2.29. The average Bonchev–Trinajstić information content (AvgIpc) is 3.11. The summed E-state index contributed by atoms with van der Waals surface area (Å²) in [6.45, 7) is 0. The van der Waals surface area contributed by atoms with Crippen molar-refractivity contribution in [1.82, 2.24) is 0 Å². The third kappa shape index (κ3) is 3.85. The van der Waals surface area contributed by atoms with Crippen molar-refractivity contribution >= 4 is 28.9 Å². The third-order valence-electron chi connectivity index (χ3n) is 3.36. The monoisotopic (exact) mass is 281 g/mol. The molecule has 0 saturated heterocycles. The molecule has 1 fully saturated rings. The van der Waals surface area contributed by atoms with Gasteiger partial charge >= 0.3 is 0 Å². The summed E-state index contributed by atoms with van der Waals surface area (Å²) in [6.07, 6.45) is 2.66. The van der Waals surface area contributed by atoms with Crippen LogP contribution in [0.1, 0.15) is 19.3 Å². The molecule has 0 spiro atoms. The Kier molecular flexibility index (Phi) is 4.32. The van der Waals surface area contributed by atoms with Gasteiger partial charge in [0.05, 0.1) is 11.4 Å². The molecule has 1 aromatic carbocycles. The van der Waals surface area contributed by atoms with E-state index >= 15 is 0 Å². The lowest BCUT2D eigenvalue weighted by atomic mass is 10.1. The van der Waals surface area contributed by atoms with E-state index in [-0.39, 0.29) is 11.9 Å². The molecule has 1 aliphatic rings. The van der Waals surface area contributed by atoms with Gasteiger partial charge in [-0.25, -0.2) is 0 Å². The van der Waals surface area contributed by atoms with Crippen LogP contribution in [-0.2, 0) is 4.79 Å². The van der Waals surface area contributed by atoms with E-state index in [0.29, 0.717) is 17.4 Å². The maximum Gasteiger partial charge on any atom is 0.226 e. The lowest BCUT2D eigenvalue weighted by Gasteiger charge is -2.19. The highest BCUT2D eigenvalue weighted by Crippen LogP contribution is 2.33. The molecule has 0 heterocycles. The van der Waals surface area contributed by atoms with E-state index in [1.165, 1.54) is 0 Å². The smallest absolute Gasteiger partial charge is 0.226 e. The van der Waals surface area contributed by atoms with Crippen LogP contribution in [0, 0.1) is 5.92 Å². The van der Waals surface area contributed by atoms with Gasteiger partial charge in [0.25, 0.3) is 0 Å². The first-order valence-corrected chi connectivity index (χ1v) is 6.87. The summed E-state index contributed by atoms with van der Waals surface area (Å²) in [5, 5.41) is 3.51. The first kappa shape index (κ1) is 14.2. The summed E-state index contributed by atoms with van der Waals surface area (Å²) in [7, 11) is 3.85. The number of rotatable bonds is 5. The average molecular weight is 282 g/mol. The molecule has 1 saturated carbocycles. The zero-order valence-electron chi connectivity index (χ0n) is 11.3. The van der Waals surface area contributed by atoms with E-state index < -0.39 is 0 Å². The number of hydrogen-bond acceptors (Lipinski definition) is 3. The molecule has 1 atom stereocenters. The minimum atomic E-state index is -0.0511. The SMILES string of the molecule is CN(C)c1ccc(Cl)cc1NC(=O)CC(N)C1CC1. The highest BCUT2D eigenvalue weighted by Gasteiger charge is 2.29. The van der Waals surface area contributed by atoms with Crippen LogP contribution in [0.15, 0.2) is 18.2 Å². The Hall–Kier alpha value is -1.26. The van der Waals surface area contributed by atoms with Crippen molar-refractivity contribution in [3.8, 4) is 0 Å². The number of anilines is 2. The minimum absolute atomic E-state index is 0.0259. The Morgan fingerprint density at radius 2 is 2.21 bits per heavy atom. The second kappa shape index (κ2) is 5.80.